The number of benzene rings is 2. The number of rotatable bonds is 6. The third-order valence-corrected chi connectivity index (χ3v) is 7.87. The topological polar surface area (TPSA) is 98.6 Å². The number of methoxy groups -OCH3 is 1. The molecule has 2 aromatic carbocycles. The van der Waals surface area contributed by atoms with Crippen molar-refractivity contribution >= 4 is 17.5 Å². The molecule has 8 nitrogen and oxygen atoms in total. The summed E-state index contributed by atoms with van der Waals surface area (Å²) in [6.07, 6.45) is 3.56. The van der Waals surface area contributed by atoms with Crippen molar-refractivity contribution in [1.29, 1.82) is 5.26 Å². The highest BCUT2D eigenvalue weighted by atomic mass is 16.5. The number of carbonyl (C=O) groups excluding carboxylic acids is 2. The predicted octanol–water partition coefficient (Wildman–Crippen LogP) is 5.65. The molecule has 0 aliphatic carbocycles. The van der Waals surface area contributed by atoms with Crippen molar-refractivity contribution < 1.29 is 14.3 Å². The second-order valence-corrected chi connectivity index (χ2v) is 11.8. The number of nitriles is 1. The Hall–Kier alpha value is -4.22. The van der Waals surface area contributed by atoms with E-state index in [1.165, 1.54) is 7.11 Å². The Labute approximate surface area is 242 Å². The average molecular weight is 554 g/mol. The van der Waals surface area contributed by atoms with Gasteiger partial charge in [0.05, 0.1) is 30.1 Å². The second-order valence-electron chi connectivity index (χ2n) is 11.8. The lowest BCUT2D eigenvalue weighted by Gasteiger charge is -2.35. The number of anilines is 1. The van der Waals surface area contributed by atoms with E-state index in [-0.39, 0.29) is 34.6 Å². The summed E-state index contributed by atoms with van der Waals surface area (Å²) in [6.45, 7) is 9.98. The molecule has 4 rings (SSSR count). The quantitative estimate of drug-likeness (QED) is 0.423. The molecule has 1 N–H and O–H groups in total. The first kappa shape index (κ1) is 29.8. The Balaban J connectivity index is 1.56. The van der Waals surface area contributed by atoms with E-state index in [0.29, 0.717) is 16.8 Å². The molecule has 1 aromatic heterocycles. The Kier molecular flexibility index (Phi) is 8.79. The minimum absolute atomic E-state index is 0.0186. The normalized spacial score (nSPS) is 14.3. The van der Waals surface area contributed by atoms with Gasteiger partial charge in [-0.1, -0.05) is 32.9 Å². The Morgan fingerprint density at radius 1 is 1.12 bits per heavy atom. The van der Waals surface area contributed by atoms with Crippen LogP contribution in [0.25, 0.3) is 11.1 Å². The SMILES string of the molecule is COc1c(C#N)cc(C(C)(C)C)cc1C(=O)Nc1cnc(C)c(-c2ccc(C(=O)N(C)C3CCN(C)CC3)cc2)c1. The lowest BCUT2D eigenvalue weighted by molar-refractivity contribution is 0.0659. The summed E-state index contributed by atoms with van der Waals surface area (Å²) in [4.78, 5) is 35.3. The number of piperidine rings is 1. The van der Waals surface area contributed by atoms with Crippen LogP contribution in [0.3, 0.4) is 0 Å². The van der Waals surface area contributed by atoms with Gasteiger partial charge in [-0.25, -0.2) is 0 Å². The second kappa shape index (κ2) is 12.1. The van der Waals surface area contributed by atoms with Gasteiger partial charge in [0.1, 0.15) is 11.8 Å². The summed E-state index contributed by atoms with van der Waals surface area (Å²) in [6, 6.07) is 15.3. The summed E-state index contributed by atoms with van der Waals surface area (Å²) in [7, 11) is 5.45. The molecule has 0 radical (unpaired) electrons. The number of carbonyl (C=O) groups is 2. The highest BCUT2D eigenvalue weighted by Crippen LogP contribution is 2.33. The van der Waals surface area contributed by atoms with Crippen molar-refractivity contribution in [3.63, 3.8) is 0 Å². The van der Waals surface area contributed by atoms with Crippen LogP contribution >= 0.6 is 0 Å². The van der Waals surface area contributed by atoms with Gasteiger partial charge < -0.3 is 19.9 Å². The summed E-state index contributed by atoms with van der Waals surface area (Å²) in [5.74, 6) is -0.132. The number of likely N-dealkylation sites (tertiary alicyclic amines) is 1. The third kappa shape index (κ3) is 6.58. The zero-order valence-electron chi connectivity index (χ0n) is 25.0. The molecular formula is C33H39N5O3. The molecule has 0 atom stereocenters. The molecule has 214 valence electrons. The van der Waals surface area contributed by atoms with E-state index in [9.17, 15) is 14.9 Å². The van der Waals surface area contributed by atoms with Crippen LogP contribution in [-0.2, 0) is 5.41 Å². The van der Waals surface area contributed by atoms with Gasteiger partial charge in [0.15, 0.2) is 0 Å². The predicted molar refractivity (Wildman–Crippen MR) is 161 cm³/mol. The van der Waals surface area contributed by atoms with Crippen LogP contribution in [0.5, 0.6) is 5.75 Å². The molecule has 1 aliphatic heterocycles. The van der Waals surface area contributed by atoms with E-state index in [1.807, 2.05) is 70.0 Å². The van der Waals surface area contributed by atoms with Gasteiger partial charge >= 0.3 is 0 Å². The minimum atomic E-state index is -0.390. The fourth-order valence-corrected chi connectivity index (χ4v) is 5.17. The summed E-state index contributed by atoms with van der Waals surface area (Å²) >= 11 is 0. The largest absolute Gasteiger partial charge is 0.495 e. The molecule has 1 aliphatic rings. The lowest BCUT2D eigenvalue weighted by atomic mass is 9.84. The summed E-state index contributed by atoms with van der Waals surface area (Å²) in [5.41, 5.74) is 4.88. The molecule has 0 bridgehead atoms. The molecule has 3 aromatic rings. The molecule has 41 heavy (non-hydrogen) atoms. The van der Waals surface area contributed by atoms with Crippen LogP contribution in [-0.4, -0.2) is 66.9 Å². The zero-order chi connectivity index (χ0) is 29.9. The van der Waals surface area contributed by atoms with Gasteiger partial charge in [-0.2, -0.15) is 5.26 Å². The molecule has 1 fully saturated rings. The van der Waals surface area contributed by atoms with Crippen LogP contribution in [0.15, 0.2) is 48.7 Å². The highest BCUT2D eigenvalue weighted by Gasteiger charge is 2.25. The van der Waals surface area contributed by atoms with Crippen LogP contribution in [0, 0.1) is 18.3 Å². The van der Waals surface area contributed by atoms with E-state index in [4.69, 9.17) is 4.74 Å². The van der Waals surface area contributed by atoms with Crippen molar-refractivity contribution in [3.8, 4) is 22.9 Å². The van der Waals surface area contributed by atoms with Gasteiger partial charge in [-0.3, -0.25) is 14.6 Å². The molecular weight excluding hydrogens is 514 g/mol. The number of amides is 2. The molecule has 8 heteroatoms. The Morgan fingerprint density at radius 3 is 2.37 bits per heavy atom. The van der Waals surface area contributed by atoms with Crippen molar-refractivity contribution in [1.82, 2.24) is 14.8 Å². The minimum Gasteiger partial charge on any atom is -0.495 e. The maximum atomic E-state index is 13.4. The lowest BCUT2D eigenvalue weighted by Crippen LogP contribution is -2.44. The zero-order valence-corrected chi connectivity index (χ0v) is 25.0. The van der Waals surface area contributed by atoms with E-state index in [2.05, 4.69) is 28.3 Å². The van der Waals surface area contributed by atoms with Crippen LogP contribution in [0.1, 0.15) is 71.1 Å². The standard InChI is InChI=1S/C33H39N5O3/c1-21-28(22-8-10-23(11-9-22)32(40)38(6)27-12-14-37(5)15-13-27)18-26(20-35-21)36-31(39)29-17-25(33(2,3)4)16-24(19-34)30(29)41-7/h8-11,16-18,20,27H,12-15H2,1-7H3,(H,36,39). The van der Waals surface area contributed by atoms with Crippen LogP contribution in [0.2, 0.25) is 0 Å². The summed E-state index contributed by atoms with van der Waals surface area (Å²) < 4.78 is 5.46. The Bertz CT molecular complexity index is 1480. The molecule has 0 unspecified atom stereocenters. The molecule has 2 amide bonds. The van der Waals surface area contributed by atoms with Crippen molar-refractivity contribution in [2.24, 2.45) is 0 Å². The fourth-order valence-electron chi connectivity index (χ4n) is 5.17. The van der Waals surface area contributed by atoms with Gasteiger partial charge in [-0.05, 0) is 86.8 Å². The number of aryl methyl sites for hydroxylation is 1. The van der Waals surface area contributed by atoms with Gasteiger partial charge in [0.2, 0.25) is 0 Å². The fraction of sp³-hybridized carbons (Fsp3) is 0.394. The van der Waals surface area contributed by atoms with E-state index in [0.717, 1.165) is 48.3 Å². The molecule has 2 heterocycles. The van der Waals surface area contributed by atoms with E-state index < -0.39 is 0 Å². The summed E-state index contributed by atoms with van der Waals surface area (Å²) in [5, 5.41) is 12.6. The number of pyridine rings is 1. The molecule has 0 spiro atoms. The maximum Gasteiger partial charge on any atom is 0.259 e. The number of hydrogen-bond donors (Lipinski definition) is 1. The van der Waals surface area contributed by atoms with Crippen molar-refractivity contribution in [2.45, 2.75) is 52.0 Å². The van der Waals surface area contributed by atoms with Crippen LogP contribution in [0.4, 0.5) is 5.69 Å². The van der Waals surface area contributed by atoms with E-state index in [1.54, 1.807) is 18.3 Å². The Morgan fingerprint density at radius 2 is 1.78 bits per heavy atom. The maximum absolute atomic E-state index is 13.4. The first-order chi connectivity index (χ1) is 19.4. The first-order valence-electron chi connectivity index (χ1n) is 13.9. The van der Waals surface area contributed by atoms with E-state index >= 15 is 0 Å². The number of ether oxygens (including phenoxy) is 1. The number of hydrogen-bond acceptors (Lipinski definition) is 6. The highest BCUT2D eigenvalue weighted by molar-refractivity contribution is 6.07. The average Bonchev–Trinajstić information content (AvgIpc) is 2.96. The number of aromatic nitrogens is 1. The molecule has 1 saturated heterocycles. The van der Waals surface area contributed by atoms with Crippen LogP contribution < -0.4 is 10.1 Å². The molecule has 0 saturated carbocycles. The smallest absolute Gasteiger partial charge is 0.259 e. The van der Waals surface area contributed by atoms with Crippen molar-refractivity contribution in [2.75, 3.05) is 39.6 Å². The number of nitrogens with one attached hydrogen (secondary N) is 1. The van der Waals surface area contributed by atoms with Gasteiger partial charge in [0, 0.05) is 29.9 Å². The first-order valence-corrected chi connectivity index (χ1v) is 13.9. The van der Waals surface area contributed by atoms with Gasteiger partial charge in [-0.15, -0.1) is 0 Å². The third-order valence-electron chi connectivity index (χ3n) is 7.87. The number of nitrogens with zero attached hydrogens (tertiary/aromatic N) is 4. The monoisotopic (exact) mass is 553 g/mol. The van der Waals surface area contributed by atoms with Gasteiger partial charge in [0.25, 0.3) is 11.8 Å². The van der Waals surface area contributed by atoms with Crippen molar-refractivity contribution in [3.05, 3.63) is 76.6 Å².